The number of methoxy groups -OCH3 is 1. The van der Waals surface area contributed by atoms with Gasteiger partial charge in [0.05, 0.1) is 18.7 Å². The lowest BCUT2D eigenvalue weighted by Crippen LogP contribution is -1.92. The molecule has 0 spiro atoms. The van der Waals surface area contributed by atoms with E-state index in [0.29, 0.717) is 22.4 Å². The molecule has 0 saturated carbocycles. The van der Waals surface area contributed by atoms with E-state index in [1.54, 1.807) is 24.3 Å². The van der Waals surface area contributed by atoms with Gasteiger partial charge in [0.15, 0.2) is 11.6 Å². The first-order chi connectivity index (χ1) is 8.65. The second-order valence-electron chi connectivity index (χ2n) is 3.77. The highest BCUT2D eigenvalue weighted by Gasteiger charge is 2.09. The van der Waals surface area contributed by atoms with E-state index in [4.69, 9.17) is 15.7 Å². The summed E-state index contributed by atoms with van der Waals surface area (Å²) in [6, 6.07) is 11.6. The maximum absolute atomic E-state index is 13.6. The van der Waals surface area contributed by atoms with Gasteiger partial charge in [-0.05, 0) is 35.4 Å². The quantitative estimate of drug-likeness (QED) is 0.823. The predicted octanol–water partition coefficient (Wildman–Crippen LogP) is 2.96. The molecule has 0 saturated heterocycles. The van der Waals surface area contributed by atoms with E-state index in [-0.39, 0.29) is 5.75 Å². The Bertz CT molecular complexity index is 632. The molecular formula is C14H11FN2O. The highest BCUT2D eigenvalue weighted by Crippen LogP contribution is 2.28. The first kappa shape index (κ1) is 11.9. The van der Waals surface area contributed by atoms with Crippen molar-refractivity contribution in [1.82, 2.24) is 0 Å². The molecule has 90 valence electrons. The van der Waals surface area contributed by atoms with Crippen LogP contribution in [0.3, 0.4) is 0 Å². The summed E-state index contributed by atoms with van der Waals surface area (Å²) in [5.41, 5.74) is 7.79. The molecule has 0 amide bonds. The average Bonchev–Trinajstić information content (AvgIpc) is 2.38. The lowest BCUT2D eigenvalue weighted by molar-refractivity contribution is 0.386. The van der Waals surface area contributed by atoms with Crippen LogP contribution in [0.5, 0.6) is 5.75 Å². The number of hydrogen-bond acceptors (Lipinski definition) is 3. The number of rotatable bonds is 2. The third kappa shape index (κ3) is 2.11. The van der Waals surface area contributed by atoms with Crippen LogP contribution >= 0.6 is 0 Å². The van der Waals surface area contributed by atoms with E-state index in [9.17, 15) is 4.39 Å². The summed E-state index contributed by atoms with van der Waals surface area (Å²) >= 11 is 0. The standard InChI is InChI=1S/C14H11FN2O/c1-18-14-5-2-9(7-13(14)15)12-4-3-11(17)6-10(12)8-16/h2-7H,17H2,1H3. The Kier molecular flexibility index (Phi) is 3.16. The summed E-state index contributed by atoms with van der Waals surface area (Å²) in [5, 5.41) is 9.05. The Labute approximate surface area is 104 Å². The Hall–Kier alpha value is -2.54. The molecule has 2 aromatic carbocycles. The maximum atomic E-state index is 13.6. The zero-order chi connectivity index (χ0) is 13.1. The molecule has 0 atom stereocenters. The molecule has 2 aromatic rings. The molecule has 0 fully saturated rings. The second-order valence-corrected chi connectivity index (χ2v) is 3.77. The summed E-state index contributed by atoms with van der Waals surface area (Å²) in [5.74, 6) is -0.289. The van der Waals surface area contributed by atoms with Crippen LogP contribution in [0, 0.1) is 17.1 Å². The minimum Gasteiger partial charge on any atom is -0.494 e. The monoisotopic (exact) mass is 242 g/mol. The molecule has 0 radical (unpaired) electrons. The van der Waals surface area contributed by atoms with Crippen LogP contribution in [0.1, 0.15) is 5.56 Å². The van der Waals surface area contributed by atoms with Crippen molar-refractivity contribution in [1.29, 1.82) is 5.26 Å². The number of hydrogen-bond donors (Lipinski definition) is 1. The Morgan fingerprint density at radius 3 is 2.61 bits per heavy atom. The average molecular weight is 242 g/mol. The van der Waals surface area contributed by atoms with Crippen molar-refractivity contribution in [3.05, 3.63) is 47.8 Å². The van der Waals surface area contributed by atoms with Crippen molar-refractivity contribution < 1.29 is 9.13 Å². The number of nitrogens with zero attached hydrogens (tertiary/aromatic N) is 1. The molecule has 0 heterocycles. The van der Waals surface area contributed by atoms with Crippen molar-refractivity contribution >= 4 is 5.69 Å². The van der Waals surface area contributed by atoms with Gasteiger partial charge in [0, 0.05) is 5.69 Å². The second kappa shape index (κ2) is 4.76. The Balaban J connectivity index is 2.56. The molecule has 0 bridgehead atoms. The van der Waals surface area contributed by atoms with Crippen molar-refractivity contribution in [2.45, 2.75) is 0 Å². The number of halogens is 1. The van der Waals surface area contributed by atoms with Crippen molar-refractivity contribution in [2.75, 3.05) is 12.8 Å². The molecule has 18 heavy (non-hydrogen) atoms. The minimum atomic E-state index is -0.462. The minimum absolute atomic E-state index is 0.174. The third-order valence-corrected chi connectivity index (χ3v) is 2.63. The van der Waals surface area contributed by atoms with Gasteiger partial charge in [-0.15, -0.1) is 0 Å². The lowest BCUT2D eigenvalue weighted by atomic mass is 9.99. The molecule has 2 N–H and O–H groups in total. The fourth-order valence-electron chi connectivity index (χ4n) is 1.74. The molecule has 0 aliphatic carbocycles. The van der Waals surface area contributed by atoms with Gasteiger partial charge in [-0.2, -0.15) is 5.26 Å². The largest absolute Gasteiger partial charge is 0.494 e. The van der Waals surface area contributed by atoms with Crippen LogP contribution in [-0.2, 0) is 0 Å². The number of nitriles is 1. The van der Waals surface area contributed by atoms with Gasteiger partial charge in [-0.1, -0.05) is 12.1 Å². The van der Waals surface area contributed by atoms with E-state index in [1.165, 1.54) is 19.2 Å². The Morgan fingerprint density at radius 2 is 2.00 bits per heavy atom. The number of nitrogens with two attached hydrogens (primary N) is 1. The molecule has 3 nitrogen and oxygen atoms in total. The van der Waals surface area contributed by atoms with Crippen LogP contribution in [0.15, 0.2) is 36.4 Å². The molecule has 0 unspecified atom stereocenters. The number of anilines is 1. The third-order valence-electron chi connectivity index (χ3n) is 2.63. The maximum Gasteiger partial charge on any atom is 0.165 e. The van der Waals surface area contributed by atoms with Crippen LogP contribution < -0.4 is 10.5 Å². The zero-order valence-corrected chi connectivity index (χ0v) is 9.77. The molecule has 0 aliphatic rings. The van der Waals surface area contributed by atoms with Gasteiger partial charge in [0.1, 0.15) is 0 Å². The van der Waals surface area contributed by atoms with Crippen molar-refractivity contribution in [2.24, 2.45) is 0 Å². The normalized spacial score (nSPS) is 9.83. The van der Waals surface area contributed by atoms with Crippen LogP contribution in [0.2, 0.25) is 0 Å². The highest BCUT2D eigenvalue weighted by atomic mass is 19.1. The highest BCUT2D eigenvalue weighted by molar-refractivity contribution is 5.73. The van der Waals surface area contributed by atoms with Gasteiger partial charge in [0.25, 0.3) is 0 Å². The summed E-state index contributed by atoms with van der Waals surface area (Å²) in [7, 11) is 1.40. The summed E-state index contributed by atoms with van der Waals surface area (Å²) in [6.45, 7) is 0. The lowest BCUT2D eigenvalue weighted by Gasteiger charge is -2.07. The van der Waals surface area contributed by atoms with Gasteiger partial charge in [-0.25, -0.2) is 4.39 Å². The van der Waals surface area contributed by atoms with E-state index in [1.807, 2.05) is 6.07 Å². The smallest absolute Gasteiger partial charge is 0.165 e. The zero-order valence-electron chi connectivity index (χ0n) is 9.77. The first-order valence-electron chi connectivity index (χ1n) is 5.29. The van der Waals surface area contributed by atoms with E-state index in [0.717, 1.165) is 0 Å². The fraction of sp³-hybridized carbons (Fsp3) is 0.0714. The molecule has 4 heteroatoms. The van der Waals surface area contributed by atoms with Gasteiger partial charge in [0.2, 0.25) is 0 Å². The summed E-state index contributed by atoms with van der Waals surface area (Å²) < 4.78 is 18.5. The fourth-order valence-corrected chi connectivity index (χ4v) is 1.74. The van der Waals surface area contributed by atoms with Gasteiger partial charge >= 0.3 is 0 Å². The van der Waals surface area contributed by atoms with Gasteiger partial charge in [-0.3, -0.25) is 0 Å². The number of nitrogen functional groups attached to an aromatic ring is 1. The van der Waals surface area contributed by atoms with Gasteiger partial charge < -0.3 is 10.5 Å². The summed E-state index contributed by atoms with van der Waals surface area (Å²) in [4.78, 5) is 0. The van der Waals surface area contributed by atoms with E-state index >= 15 is 0 Å². The predicted molar refractivity (Wildman–Crippen MR) is 67.5 cm³/mol. The molecule has 2 rings (SSSR count). The first-order valence-corrected chi connectivity index (χ1v) is 5.29. The molecule has 0 aromatic heterocycles. The molecule has 0 aliphatic heterocycles. The topological polar surface area (TPSA) is 59.0 Å². The van der Waals surface area contributed by atoms with Crippen LogP contribution in [0.4, 0.5) is 10.1 Å². The number of benzene rings is 2. The van der Waals surface area contributed by atoms with E-state index < -0.39 is 5.82 Å². The Morgan fingerprint density at radius 1 is 1.22 bits per heavy atom. The van der Waals surface area contributed by atoms with Crippen molar-refractivity contribution in [3.63, 3.8) is 0 Å². The van der Waals surface area contributed by atoms with E-state index in [2.05, 4.69) is 0 Å². The van der Waals surface area contributed by atoms with Crippen LogP contribution in [0.25, 0.3) is 11.1 Å². The molecular weight excluding hydrogens is 231 g/mol. The van der Waals surface area contributed by atoms with Crippen molar-refractivity contribution in [3.8, 4) is 22.9 Å². The summed E-state index contributed by atoms with van der Waals surface area (Å²) in [6.07, 6.45) is 0. The number of ether oxygens (including phenoxy) is 1. The van der Waals surface area contributed by atoms with Crippen LogP contribution in [-0.4, -0.2) is 7.11 Å². The SMILES string of the molecule is COc1ccc(-c2ccc(N)cc2C#N)cc1F.